The zero-order chi connectivity index (χ0) is 12.4. The molecule has 1 saturated carbocycles. The Balaban J connectivity index is 1.71. The van der Waals surface area contributed by atoms with Gasteiger partial charge in [0.2, 0.25) is 0 Å². The van der Waals surface area contributed by atoms with E-state index in [1.165, 1.54) is 19.3 Å². The molecule has 1 saturated heterocycles. The molecule has 100 valence electrons. The predicted octanol–water partition coefficient (Wildman–Crippen LogP) is 1.54. The Morgan fingerprint density at radius 2 is 2.44 bits per heavy atom. The third-order valence-electron chi connectivity index (χ3n) is 3.82. The predicted molar refractivity (Wildman–Crippen MR) is 68.6 cm³/mol. The van der Waals surface area contributed by atoms with Crippen LogP contribution in [0.3, 0.4) is 0 Å². The SMILES string of the molecule is CCNCc1coc(N2CCOC3CCCC32)n1. The molecule has 2 aliphatic rings. The zero-order valence-electron chi connectivity index (χ0n) is 10.9. The van der Waals surface area contributed by atoms with E-state index in [1.54, 1.807) is 6.26 Å². The van der Waals surface area contributed by atoms with Crippen LogP contribution >= 0.6 is 0 Å². The summed E-state index contributed by atoms with van der Waals surface area (Å²) in [6.07, 6.45) is 5.75. The van der Waals surface area contributed by atoms with E-state index in [-0.39, 0.29) is 0 Å². The molecule has 1 N–H and O–H groups in total. The molecule has 1 aromatic rings. The second-order valence-corrected chi connectivity index (χ2v) is 5.00. The van der Waals surface area contributed by atoms with E-state index in [9.17, 15) is 0 Å². The summed E-state index contributed by atoms with van der Waals surface area (Å²) in [5.41, 5.74) is 0.980. The van der Waals surface area contributed by atoms with E-state index in [0.29, 0.717) is 12.1 Å². The molecule has 0 bridgehead atoms. The molecule has 0 spiro atoms. The molecule has 1 aliphatic carbocycles. The Labute approximate surface area is 108 Å². The number of hydrogen-bond donors (Lipinski definition) is 1. The highest BCUT2D eigenvalue weighted by Gasteiger charge is 2.37. The normalized spacial score (nSPS) is 27.5. The second kappa shape index (κ2) is 5.28. The van der Waals surface area contributed by atoms with Crippen molar-refractivity contribution in [2.45, 2.75) is 44.9 Å². The molecule has 2 atom stereocenters. The van der Waals surface area contributed by atoms with Crippen LogP contribution in [-0.4, -0.2) is 36.8 Å². The fourth-order valence-electron chi connectivity index (χ4n) is 2.93. The quantitative estimate of drug-likeness (QED) is 0.879. The van der Waals surface area contributed by atoms with Gasteiger partial charge in [0.25, 0.3) is 6.01 Å². The summed E-state index contributed by atoms with van der Waals surface area (Å²) >= 11 is 0. The Kier molecular flexibility index (Phi) is 3.52. The van der Waals surface area contributed by atoms with Gasteiger partial charge in [0, 0.05) is 13.1 Å². The van der Waals surface area contributed by atoms with Gasteiger partial charge in [-0.2, -0.15) is 4.98 Å². The van der Waals surface area contributed by atoms with Crippen LogP contribution < -0.4 is 10.2 Å². The minimum absolute atomic E-state index is 0.378. The third-order valence-corrected chi connectivity index (χ3v) is 3.82. The van der Waals surface area contributed by atoms with Crippen LogP contribution in [0.15, 0.2) is 10.7 Å². The van der Waals surface area contributed by atoms with Gasteiger partial charge in [-0.1, -0.05) is 6.92 Å². The Bertz CT molecular complexity index is 393. The number of nitrogens with one attached hydrogen (secondary N) is 1. The summed E-state index contributed by atoms with van der Waals surface area (Å²) in [7, 11) is 0. The number of nitrogens with zero attached hydrogens (tertiary/aromatic N) is 2. The van der Waals surface area contributed by atoms with Gasteiger partial charge >= 0.3 is 0 Å². The first kappa shape index (κ1) is 12.0. The van der Waals surface area contributed by atoms with Crippen molar-refractivity contribution < 1.29 is 9.15 Å². The first-order valence-corrected chi connectivity index (χ1v) is 6.92. The largest absolute Gasteiger partial charge is 0.432 e. The van der Waals surface area contributed by atoms with Crippen molar-refractivity contribution in [1.29, 1.82) is 0 Å². The van der Waals surface area contributed by atoms with Gasteiger partial charge in [-0.3, -0.25) is 0 Å². The average molecular weight is 251 g/mol. The Morgan fingerprint density at radius 1 is 1.50 bits per heavy atom. The number of hydrogen-bond acceptors (Lipinski definition) is 5. The molecule has 2 heterocycles. The van der Waals surface area contributed by atoms with Gasteiger partial charge < -0.3 is 19.4 Å². The molecule has 5 nitrogen and oxygen atoms in total. The highest BCUT2D eigenvalue weighted by atomic mass is 16.5. The molecule has 5 heteroatoms. The minimum atomic E-state index is 0.378. The van der Waals surface area contributed by atoms with E-state index in [2.05, 4.69) is 22.1 Å². The Hall–Kier alpha value is -1.07. The van der Waals surface area contributed by atoms with E-state index < -0.39 is 0 Å². The van der Waals surface area contributed by atoms with Crippen molar-refractivity contribution in [1.82, 2.24) is 10.3 Å². The molecule has 1 aliphatic heterocycles. The molecule has 0 radical (unpaired) electrons. The first-order chi connectivity index (χ1) is 8.88. The van der Waals surface area contributed by atoms with Gasteiger partial charge in [-0.25, -0.2) is 0 Å². The van der Waals surface area contributed by atoms with Crippen LogP contribution in [0.25, 0.3) is 0 Å². The topological polar surface area (TPSA) is 50.5 Å². The van der Waals surface area contributed by atoms with E-state index in [4.69, 9.17) is 9.15 Å². The van der Waals surface area contributed by atoms with Gasteiger partial charge in [0.1, 0.15) is 6.26 Å². The molecule has 0 amide bonds. The highest BCUT2D eigenvalue weighted by molar-refractivity contribution is 5.31. The van der Waals surface area contributed by atoms with Gasteiger partial charge in [0.15, 0.2) is 0 Å². The second-order valence-electron chi connectivity index (χ2n) is 5.00. The van der Waals surface area contributed by atoms with Crippen LogP contribution in [0.5, 0.6) is 0 Å². The molecule has 2 unspecified atom stereocenters. The number of aromatic nitrogens is 1. The summed E-state index contributed by atoms with van der Waals surface area (Å²) in [5.74, 6) is 0. The molecule has 1 aromatic heterocycles. The van der Waals surface area contributed by atoms with Gasteiger partial charge in [-0.05, 0) is 25.8 Å². The van der Waals surface area contributed by atoms with Crippen molar-refractivity contribution in [3.8, 4) is 0 Å². The molecule has 0 aromatic carbocycles. The van der Waals surface area contributed by atoms with Crippen molar-refractivity contribution in [2.75, 3.05) is 24.6 Å². The van der Waals surface area contributed by atoms with E-state index in [0.717, 1.165) is 37.9 Å². The van der Waals surface area contributed by atoms with Gasteiger partial charge in [0.05, 0.1) is 24.4 Å². The number of rotatable bonds is 4. The maximum Gasteiger partial charge on any atom is 0.297 e. The first-order valence-electron chi connectivity index (χ1n) is 6.92. The molecule has 2 fully saturated rings. The van der Waals surface area contributed by atoms with Crippen LogP contribution in [0.4, 0.5) is 6.01 Å². The van der Waals surface area contributed by atoms with Crippen molar-refractivity contribution in [3.63, 3.8) is 0 Å². The average Bonchev–Trinajstić information content (AvgIpc) is 3.04. The van der Waals surface area contributed by atoms with Crippen molar-refractivity contribution >= 4 is 6.01 Å². The summed E-state index contributed by atoms with van der Waals surface area (Å²) in [4.78, 5) is 6.86. The lowest BCUT2D eigenvalue weighted by molar-refractivity contribution is 0.0236. The summed E-state index contributed by atoms with van der Waals surface area (Å²) in [5, 5.41) is 3.26. The summed E-state index contributed by atoms with van der Waals surface area (Å²) in [6.45, 7) is 5.49. The lowest BCUT2D eigenvalue weighted by Gasteiger charge is -2.36. The number of anilines is 1. The maximum absolute atomic E-state index is 5.80. The van der Waals surface area contributed by atoms with Crippen LogP contribution in [-0.2, 0) is 11.3 Å². The minimum Gasteiger partial charge on any atom is -0.432 e. The van der Waals surface area contributed by atoms with E-state index in [1.807, 2.05) is 0 Å². The van der Waals surface area contributed by atoms with Crippen molar-refractivity contribution in [2.24, 2.45) is 0 Å². The molecular formula is C13H21N3O2. The molecular weight excluding hydrogens is 230 g/mol. The van der Waals surface area contributed by atoms with Crippen LogP contribution in [0.2, 0.25) is 0 Å². The summed E-state index contributed by atoms with van der Waals surface area (Å²) < 4.78 is 11.4. The molecule has 18 heavy (non-hydrogen) atoms. The maximum atomic E-state index is 5.80. The third kappa shape index (κ3) is 2.24. The van der Waals surface area contributed by atoms with E-state index >= 15 is 0 Å². The van der Waals surface area contributed by atoms with Crippen LogP contribution in [0.1, 0.15) is 31.9 Å². The van der Waals surface area contributed by atoms with Crippen LogP contribution in [0, 0.1) is 0 Å². The van der Waals surface area contributed by atoms with Crippen molar-refractivity contribution in [3.05, 3.63) is 12.0 Å². The van der Waals surface area contributed by atoms with Gasteiger partial charge in [-0.15, -0.1) is 0 Å². The highest BCUT2D eigenvalue weighted by Crippen LogP contribution is 2.32. The standard InChI is InChI=1S/C13H21N3O2/c1-2-14-8-10-9-18-13(15-10)16-6-7-17-12-5-3-4-11(12)16/h9,11-12,14H,2-8H2,1H3. The number of ether oxygens (including phenoxy) is 1. The summed E-state index contributed by atoms with van der Waals surface area (Å²) in [6, 6.07) is 1.23. The Morgan fingerprint density at radius 3 is 3.33 bits per heavy atom. The smallest absolute Gasteiger partial charge is 0.297 e. The fourth-order valence-corrected chi connectivity index (χ4v) is 2.93. The number of oxazole rings is 1. The fraction of sp³-hybridized carbons (Fsp3) is 0.769. The zero-order valence-corrected chi connectivity index (χ0v) is 10.9. The lowest BCUT2D eigenvalue weighted by atomic mass is 10.1. The lowest BCUT2D eigenvalue weighted by Crippen LogP contribution is -2.48. The number of morpholine rings is 1. The molecule has 3 rings (SSSR count). The monoisotopic (exact) mass is 251 g/mol. The number of fused-ring (bicyclic) bond motifs is 1.